The fraction of sp³-hybridized carbons (Fsp3) is 0.500. The van der Waals surface area contributed by atoms with Gasteiger partial charge in [0, 0.05) is 5.54 Å². The molecule has 0 bridgehead atoms. The minimum absolute atomic E-state index is 0.327. The molecule has 0 radical (unpaired) electrons. The van der Waals surface area contributed by atoms with Crippen LogP contribution in [0.25, 0.3) is 0 Å². The lowest BCUT2D eigenvalue weighted by Crippen LogP contribution is -2.52. The number of carbonyl (C=O) groups excluding carboxylic acids is 1. The van der Waals surface area contributed by atoms with Gasteiger partial charge in [-0.3, -0.25) is 9.10 Å². The monoisotopic (exact) mass is 298 g/mol. The third-order valence-electron chi connectivity index (χ3n) is 2.60. The Morgan fingerprint density at radius 2 is 1.70 bits per heavy atom. The summed E-state index contributed by atoms with van der Waals surface area (Å²) in [6.07, 6.45) is 1.10. The number of hydrogen-bond acceptors (Lipinski definition) is 3. The van der Waals surface area contributed by atoms with Crippen LogP contribution in [0.3, 0.4) is 0 Å². The molecule has 1 aromatic carbocycles. The number of benzene rings is 1. The van der Waals surface area contributed by atoms with Crippen molar-refractivity contribution in [3.63, 3.8) is 0 Å². The average molecular weight is 298 g/mol. The fourth-order valence-corrected chi connectivity index (χ4v) is 3.03. The minimum atomic E-state index is -3.55. The molecule has 1 aromatic rings. The minimum Gasteiger partial charge on any atom is -0.350 e. The molecule has 0 aliphatic rings. The lowest BCUT2D eigenvalue weighted by molar-refractivity contribution is -0.123. The second-order valence-corrected chi connectivity index (χ2v) is 7.67. The van der Waals surface area contributed by atoms with Crippen molar-refractivity contribution in [2.45, 2.75) is 39.3 Å². The summed E-state index contributed by atoms with van der Waals surface area (Å²) in [5, 5.41) is 2.80. The molecule has 0 unspecified atom stereocenters. The molecule has 1 N–H and O–H groups in total. The zero-order chi connectivity index (χ0) is 15.6. The molecule has 20 heavy (non-hydrogen) atoms. The maximum atomic E-state index is 12.2. The van der Waals surface area contributed by atoms with E-state index in [0.29, 0.717) is 5.69 Å². The number of carbonyl (C=O) groups is 1. The van der Waals surface area contributed by atoms with E-state index in [2.05, 4.69) is 5.32 Å². The van der Waals surface area contributed by atoms with Crippen LogP contribution in [0.15, 0.2) is 30.3 Å². The molecule has 0 aliphatic carbocycles. The molecule has 112 valence electrons. The first-order chi connectivity index (χ1) is 9.02. The zero-order valence-corrected chi connectivity index (χ0v) is 13.4. The molecule has 0 fully saturated rings. The van der Waals surface area contributed by atoms with Crippen molar-refractivity contribution in [2.75, 3.05) is 10.6 Å². The van der Waals surface area contributed by atoms with Crippen molar-refractivity contribution >= 4 is 21.6 Å². The number of para-hydroxylation sites is 1. The first kappa shape index (κ1) is 16.5. The summed E-state index contributed by atoms with van der Waals surface area (Å²) in [6, 6.07) is 7.80. The summed E-state index contributed by atoms with van der Waals surface area (Å²) in [4.78, 5) is 12.2. The normalized spacial score (nSPS) is 13.7. The number of sulfonamides is 1. The van der Waals surface area contributed by atoms with Crippen LogP contribution in [0.2, 0.25) is 0 Å². The molecule has 0 spiro atoms. The van der Waals surface area contributed by atoms with Crippen LogP contribution in [0.1, 0.15) is 27.7 Å². The molecule has 6 heteroatoms. The Labute approximate surface area is 121 Å². The summed E-state index contributed by atoms with van der Waals surface area (Å²) >= 11 is 0. The highest BCUT2D eigenvalue weighted by molar-refractivity contribution is 7.92. The highest BCUT2D eigenvalue weighted by Gasteiger charge is 2.30. The maximum Gasteiger partial charge on any atom is 0.244 e. The predicted octanol–water partition coefficient (Wildman–Crippen LogP) is 1.76. The molecule has 0 aromatic heterocycles. The van der Waals surface area contributed by atoms with Crippen molar-refractivity contribution in [1.82, 2.24) is 5.32 Å². The van der Waals surface area contributed by atoms with Gasteiger partial charge in [0.05, 0.1) is 11.9 Å². The van der Waals surface area contributed by atoms with Gasteiger partial charge in [-0.25, -0.2) is 8.42 Å². The van der Waals surface area contributed by atoms with Crippen LogP contribution in [0.4, 0.5) is 5.69 Å². The Morgan fingerprint density at radius 1 is 1.20 bits per heavy atom. The molecule has 1 amide bonds. The Morgan fingerprint density at radius 3 is 2.10 bits per heavy atom. The highest BCUT2D eigenvalue weighted by atomic mass is 32.2. The largest absolute Gasteiger partial charge is 0.350 e. The summed E-state index contributed by atoms with van der Waals surface area (Å²) in [7, 11) is -3.55. The van der Waals surface area contributed by atoms with Crippen molar-refractivity contribution in [1.29, 1.82) is 0 Å². The van der Waals surface area contributed by atoms with Gasteiger partial charge in [0.1, 0.15) is 6.04 Å². The molecule has 0 aliphatic heterocycles. The molecular formula is C14H22N2O3S. The topological polar surface area (TPSA) is 66.5 Å². The van der Waals surface area contributed by atoms with Gasteiger partial charge in [-0.15, -0.1) is 0 Å². The van der Waals surface area contributed by atoms with E-state index in [1.54, 1.807) is 37.3 Å². The van der Waals surface area contributed by atoms with E-state index in [1.165, 1.54) is 0 Å². The van der Waals surface area contributed by atoms with Crippen LogP contribution >= 0.6 is 0 Å². The number of anilines is 1. The summed E-state index contributed by atoms with van der Waals surface area (Å²) in [6.45, 7) is 7.13. The maximum absolute atomic E-state index is 12.2. The summed E-state index contributed by atoms with van der Waals surface area (Å²) < 4.78 is 25.1. The number of amides is 1. The summed E-state index contributed by atoms with van der Waals surface area (Å²) in [5.41, 5.74) is 0.0668. The highest BCUT2D eigenvalue weighted by Crippen LogP contribution is 2.20. The van der Waals surface area contributed by atoms with Crippen LogP contribution < -0.4 is 9.62 Å². The van der Waals surface area contributed by atoms with Crippen LogP contribution in [-0.2, 0) is 14.8 Å². The van der Waals surface area contributed by atoms with Gasteiger partial charge in [-0.1, -0.05) is 18.2 Å². The molecule has 1 rings (SSSR count). The molecule has 5 nitrogen and oxygen atoms in total. The van der Waals surface area contributed by atoms with Gasteiger partial charge in [0.25, 0.3) is 0 Å². The number of nitrogens with zero attached hydrogens (tertiary/aromatic N) is 1. The molecular weight excluding hydrogens is 276 g/mol. The number of rotatable bonds is 4. The van der Waals surface area contributed by atoms with Gasteiger partial charge in [-0.2, -0.15) is 0 Å². The van der Waals surface area contributed by atoms with Crippen molar-refractivity contribution in [3.8, 4) is 0 Å². The van der Waals surface area contributed by atoms with E-state index < -0.39 is 21.6 Å². The Bertz CT molecular complexity index is 562. The van der Waals surface area contributed by atoms with Crippen molar-refractivity contribution < 1.29 is 13.2 Å². The van der Waals surface area contributed by atoms with Gasteiger partial charge < -0.3 is 5.32 Å². The second-order valence-electron chi connectivity index (χ2n) is 5.81. The fourth-order valence-electron chi connectivity index (χ4n) is 1.86. The standard InChI is InChI=1S/C14H22N2O3S/c1-11(13(17)15-14(2,3)4)16(20(5,18)19)12-9-7-6-8-10-12/h6-11H,1-5H3,(H,15,17)/t11-/m1/s1. The third-order valence-corrected chi connectivity index (χ3v) is 3.84. The zero-order valence-electron chi connectivity index (χ0n) is 12.5. The molecule has 0 saturated heterocycles. The van der Waals surface area contributed by atoms with Gasteiger partial charge >= 0.3 is 0 Å². The molecule has 0 saturated carbocycles. The van der Waals surface area contributed by atoms with Crippen LogP contribution in [-0.4, -0.2) is 32.2 Å². The third kappa shape index (κ3) is 4.52. The second kappa shape index (κ2) is 5.83. The smallest absolute Gasteiger partial charge is 0.244 e. The van der Waals surface area contributed by atoms with Crippen molar-refractivity contribution in [3.05, 3.63) is 30.3 Å². The van der Waals surface area contributed by atoms with E-state index in [9.17, 15) is 13.2 Å². The average Bonchev–Trinajstić information content (AvgIpc) is 2.26. The SMILES string of the molecule is C[C@H](C(=O)NC(C)(C)C)N(c1ccccc1)S(C)(=O)=O. The van der Waals surface area contributed by atoms with E-state index in [4.69, 9.17) is 0 Å². The summed E-state index contributed by atoms with van der Waals surface area (Å²) in [5.74, 6) is -0.327. The Kier molecular flexibility index (Phi) is 4.81. The lowest BCUT2D eigenvalue weighted by Gasteiger charge is -2.31. The Hall–Kier alpha value is -1.56. The van der Waals surface area contributed by atoms with E-state index in [0.717, 1.165) is 10.6 Å². The van der Waals surface area contributed by atoms with Crippen LogP contribution in [0.5, 0.6) is 0 Å². The first-order valence-electron chi connectivity index (χ1n) is 6.39. The quantitative estimate of drug-likeness (QED) is 0.921. The van der Waals surface area contributed by atoms with E-state index in [-0.39, 0.29) is 5.91 Å². The number of nitrogens with one attached hydrogen (secondary N) is 1. The molecule has 0 heterocycles. The number of hydrogen-bond donors (Lipinski definition) is 1. The van der Waals surface area contributed by atoms with E-state index in [1.807, 2.05) is 20.8 Å². The lowest BCUT2D eigenvalue weighted by atomic mass is 10.1. The van der Waals surface area contributed by atoms with Gasteiger partial charge in [-0.05, 0) is 39.8 Å². The molecule has 1 atom stereocenters. The van der Waals surface area contributed by atoms with Crippen LogP contribution in [0, 0.1) is 0 Å². The van der Waals surface area contributed by atoms with Crippen molar-refractivity contribution in [2.24, 2.45) is 0 Å². The van der Waals surface area contributed by atoms with Gasteiger partial charge in [0.2, 0.25) is 15.9 Å². The van der Waals surface area contributed by atoms with E-state index >= 15 is 0 Å². The first-order valence-corrected chi connectivity index (χ1v) is 8.24. The van der Waals surface area contributed by atoms with Gasteiger partial charge in [0.15, 0.2) is 0 Å². The predicted molar refractivity (Wildman–Crippen MR) is 81.1 cm³/mol. The Balaban J connectivity index is 3.11.